The second kappa shape index (κ2) is 3.13. The largest absolute Gasteiger partial charge is 0.466 e. The molecular formula is C8H10O2S. The average molecular weight is 170 g/mol. The molecule has 0 aliphatic rings. The number of Topliss-reactive ketones (excluding diaryl/α,β-unsaturated/α-hetero) is 1. The number of thiol groups is 1. The first kappa shape index (κ1) is 8.40. The van der Waals surface area contributed by atoms with Crippen LogP contribution in [-0.4, -0.2) is 11.5 Å². The smallest absolute Gasteiger partial charge is 0.175 e. The van der Waals surface area contributed by atoms with Crippen LogP contribution < -0.4 is 0 Å². The Hall–Kier alpha value is -0.700. The Labute approximate surface area is 71.0 Å². The molecule has 0 unspecified atom stereocenters. The first-order valence-corrected chi connectivity index (χ1v) is 3.99. The van der Waals surface area contributed by atoms with Crippen molar-refractivity contribution >= 4 is 18.4 Å². The standard InChI is InChI=1S/C8H10O2S/c1-5-3-7(6(2)10-5)8(9)4-11/h3,11H,4H2,1-2H3. The summed E-state index contributed by atoms with van der Waals surface area (Å²) >= 11 is 3.89. The maximum atomic E-state index is 11.1. The molecule has 60 valence electrons. The van der Waals surface area contributed by atoms with Crippen LogP contribution in [0.4, 0.5) is 0 Å². The molecule has 1 rings (SSSR count). The average Bonchev–Trinajstić information content (AvgIpc) is 2.28. The van der Waals surface area contributed by atoms with Gasteiger partial charge in [0.2, 0.25) is 0 Å². The summed E-state index contributed by atoms with van der Waals surface area (Å²) in [4.78, 5) is 11.1. The van der Waals surface area contributed by atoms with Gasteiger partial charge in [0.05, 0.1) is 11.3 Å². The SMILES string of the molecule is Cc1cc(C(=O)CS)c(C)o1. The van der Waals surface area contributed by atoms with Gasteiger partial charge in [-0.15, -0.1) is 0 Å². The fourth-order valence-electron chi connectivity index (χ4n) is 0.993. The highest BCUT2D eigenvalue weighted by Crippen LogP contribution is 2.14. The van der Waals surface area contributed by atoms with Crippen molar-refractivity contribution in [2.24, 2.45) is 0 Å². The number of hydrogen-bond acceptors (Lipinski definition) is 3. The van der Waals surface area contributed by atoms with Crippen molar-refractivity contribution < 1.29 is 9.21 Å². The summed E-state index contributed by atoms with van der Waals surface area (Å²) in [5.74, 6) is 1.71. The minimum atomic E-state index is 0.0164. The van der Waals surface area contributed by atoms with E-state index in [1.807, 2.05) is 6.92 Å². The number of aryl methyl sites for hydroxylation is 2. The highest BCUT2D eigenvalue weighted by molar-refractivity contribution is 7.81. The third-order valence-electron chi connectivity index (χ3n) is 1.48. The fourth-order valence-corrected chi connectivity index (χ4v) is 1.16. The predicted molar refractivity (Wildman–Crippen MR) is 46.4 cm³/mol. The summed E-state index contributed by atoms with van der Waals surface area (Å²) in [6.07, 6.45) is 0. The van der Waals surface area contributed by atoms with Crippen LogP contribution in [0.1, 0.15) is 21.9 Å². The van der Waals surface area contributed by atoms with E-state index in [2.05, 4.69) is 12.6 Å². The molecule has 0 spiro atoms. The van der Waals surface area contributed by atoms with Gasteiger partial charge < -0.3 is 4.42 Å². The second-order valence-electron chi connectivity index (χ2n) is 2.41. The second-order valence-corrected chi connectivity index (χ2v) is 2.72. The molecule has 0 radical (unpaired) electrons. The molecule has 0 amide bonds. The van der Waals surface area contributed by atoms with Gasteiger partial charge in [-0.05, 0) is 19.9 Å². The van der Waals surface area contributed by atoms with E-state index in [0.29, 0.717) is 11.3 Å². The van der Waals surface area contributed by atoms with Gasteiger partial charge in [0.15, 0.2) is 5.78 Å². The number of rotatable bonds is 2. The molecular weight excluding hydrogens is 160 g/mol. The zero-order chi connectivity index (χ0) is 8.43. The molecule has 11 heavy (non-hydrogen) atoms. The van der Waals surface area contributed by atoms with E-state index < -0.39 is 0 Å². The Morgan fingerprint density at radius 1 is 1.64 bits per heavy atom. The predicted octanol–water partition coefficient (Wildman–Crippen LogP) is 2.01. The lowest BCUT2D eigenvalue weighted by Crippen LogP contribution is -1.99. The van der Waals surface area contributed by atoms with Crippen molar-refractivity contribution in [1.29, 1.82) is 0 Å². The molecule has 0 fully saturated rings. The van der Waals surface area contributed by atoms with Crippen molar-refractivity contribution in [2.45, 2.75) is 13.8 Å². The van der Waals surface area contributed by atoms with E-state index in [0.717, 1.165) is 5.76 Å². The summed E-state index contributed by atoms with van der Waals surface area (Å²) in [6, 6.07) is 1.74. The number of furan rings is 1. The quantitative estimate of drug-likeness (QED) is 0.543. The van der Waals surface area contributed by atoms with E-state index >= 15 is 0 Å². The van der Waals surface area contributed by atoms with Gasteiger partial charge in [0.25, 0.3) is 0 Å². The van der Waals surface area contributed by atoms with Gasteiger partial charge in [-0.1, -0.05) is 0 Å². The van der Waals surface area contributed by atoms with Gasteiger partial charge in [-0.25, -0.2) is 0 Å². The molecule has 1 aromatic rings. The number of carbonyl (C=O) groups excluding carboxylic acids is 1. The Bertz CT molecular complexity index is 276. The van der Waals surface area contributed by atoms with E-state index in [9.17, 15) is 4.79 Å². The van der Waals surface area contributed by atoms with Gasteiger partial charge in [0, 0.05) is 0 Å². The summed E-state index contributed by atoms with van der Waals surface area (Å²) in [7, 11) is 0. The lowest BCUT2D eigenvalue weighted by Gasteiger charge is -1.90. The molecule has 0 aliphatic carbocycles. The molecule has 0 saturated heterocycles. The topological polar surface area (TPSA) is 30.2 Å². The summed E-state index contributed by atoms with van der Waals surface area (Å²) < 4.78 is 5.18. The van der Waals surface area contributed by atoms with Crippen molar-refractivity contribution in [3.63, 3.8) is 0 Å². The fraction of sp³-hybridized carbons (Fsp3) is 0.375. The zero-order valence-corrected chi connectivity index (χ0v) is 7.44. The Balaban J connectivity index is 3.03. The number of ketones is 1. The van der Waals surface area contributed by atoms with E-state index in [-0.39, 0.29) is 11.5 Å². The van der Waals surface area contributed by atoms with Crippen LogP contribution in [0, 0.1) is 13.8 Å². The maximum Gasteiger partial charge on any atom is 0.175 e. The summed E-state index contributed by atoms with van der Waals surface area (Å²) in [5, 5.41) is 0. The maximum absolute atomic E-state index is 11.1. The third kappa shape index (κ3) is 1.66. The number of hydrogen-bond donors (Lipinski definition) is 1. The minimum absolute atomic E-state index is 0.0164. The third-order valence-corrected chi connectivity index (χ3v) is 1.77. The Kier molecular flexibility index (Phi) is 2.39. The summed E-state index contributed by atoms with van der Waals surface area (Å²) in [5.41, 5.74) is 0.650. The molecule has 0 aliphatic heterocycles. The first-order valence-electron chi connectivity index (χ1n) is 3.36. The normalized spacial score (nSPS) is 10.1. The van der Waals surface area contributed by atoms with Gasteiger partial charge in [-0.2, -0.15) is 12.6 Å². The Morgan fingerprint density at radius 2 is 2.27 bits per heavy atom. The van der Waals surface area contributed by atoms with Crippen molar-refractivity contribution in [3.05, 3.63) is 23.2 Å². The minimum Gasteiger partial charge on any atom is -0.466 e. The molecule has 0 atom stereocenters. The van der Waals surface area contributed by atoms with Crippen molar-refractivity contribution in [3.8, 4) is 0 Å². The lowest BCUT2D eigenvalue weighted by atomic mass is 10.2. The first-order chi connectivity index (χ1) is 5.15. The van der Waals surface area contributed by atoms with E-state index in [1.54, 1.807) is 13.0 Å². The lowest BCUT2D eigenvalue weighted by molar-refractivity contribution is 0.102. The molecule has 1 aromatic heterocycles. The molecule has 0 bridgehead atoms. The highest BCUT2D eigenvalue weighted by Gasteiger charge is 2.10. The molecule has 0 aromatic carbocycles. The van der Waals surface area contributed by atoms with Gasteiger partial charge in [-0.3, -0.25) is 4.79 Å². The monoisotopic (exact) mass is 170 g/mol. The highest BCUT2D eigenvalue weighted by atomic mass is 32.1. The van der Waals surface area contributed by atoms with Crippen LogP contribution in [0.2, 0.25) is 0 Å². The molecule has 0 saturated carbocycles. The van der Waals surface area contributed by atoms with Crippen LogP contribution in [0.3, 0.4) is 0 Å². The van der Waals surface area contributed by atoms with Gasteiger partial charge in [0.1, 0.15) is 11.5 Å². The van der Waals surface area contributed by atoms with Crippen LogP contribution >= 0.6 is 12.6 Å². The van der Waals surface area contributed by atoms with Crippen molar-refractivity contribution in [1.82, 2.24) is 0 Å². The molecule has 1 heterocycles. The van der Waals surface area contributed by atoms with Gasteiger partial charge >= 0.3 is 0 Å². The molecule has 3 heteroatoms. The van der Waals surface area contributed by atoms with E-state index in [4.69, 9.17) is 4.42 Å². The number of carbonyl (C=O) groups is 1. The van der Waals surface area contributed by atoms with Crippen LogP contribution in [0.25, 0.3) is 0 Å². The van der Waals surface area contributed by atoms with E-state index in [1.165, 1.54) is 0 Å². The summed E-state index contributed by atoms with van der Waals surface area (Å²) in [6.45, 7) is 3.60. The Morgan fingerprint density at radius 3 is 2.64 bits per heavy atom. The van der Waals surface area contributed by atoms with Crippen LogP contribution in [-0.2, 0) is 0 Å². The van der Waals surface area contributed by atoms with Crippen molar-refractivity contribution in [2.75, 3.05) is 5.75 Å². The molecule has 0 N–H and O–H groups in total. The zero-order valence-electron chi connectivity index (χ0n) is 6.55. The van der Waals surface area contributed by atoms with Crippen LogP contribution in [0.15, 0.2) is 10.5 Å². The molecule has 2 nitrogen and oxygen atoms in total. The van der Waals surface area contributed by atoms with Crippen LogP contribution in [0.5, 0.6) is 0 Å².